The molecule has 18 heavy (non-hydrogen) atoms. The van der Waals surface area contributed by atoms with Gasteiger partial charge in [0, 0.05) is 17.1 Å². The number of rotatable bonds is 3. The van der Waals surface area contributed by atoms with Crippen LogP contribution < -0.4 is 5.32 Å². The first-order valence-electron chi connectivity index (χ1n) is 5.56. The number of aromatic nitrogens is 2. The highest BCUT2D eigenvalue weighted by Gasteiger charge is 2.06. The number of hydrogen-bond donors (Lipinski definition) is 1. The number of hydrogen-bond acceptors (Lipinski definition) is 3. The van der Waals surface area contributed by atoms with Crippen molar-refractivity contribution in [2.75, 3.05) is 0 Å². The molecule has 5 heteroatoms. The van der Waals surface area contributed by atoms with Crippen LogP contribution in [0.25, 0.3) is 5.52 Å². The van der Waals surface area contributed by atoms with Crippen LogP contribution in [0, 0.1) is 0 Å². The zero-order chi connectivity index (χ0) is 12.4. The van der Waals surface area contributed by atoms with Gasteiger partial charge in [0.15, 0.2) is 0 Å². The summed E-state index contributed by atoms with van der Waals surface area (Å²) in [7, 11) is 0. The fourth-order valence-electron chi connectivity index (χ4n) is 1.74. The van der Waals surface area contributed by atoms with Crippen molar-refractivity contribution in [3.63, 3.8) is 0 Å². The summed E-state index contributed by atoms with van der Waals surface area (Å²) in [5.74, 6) is -0.0618. The van der Waals surface area contributed by atoms with Crippen LogP contribution in [0.1, 0.15) is 16.1 Å². The highest BCUT2D eigenvalue weighted by molar-refractivity contribution is 7.08. The lowest BCUT2D eigenvalue weighted by Gasteiger charge is -1.99. The molecule has 3 aromatic rings. The van der Waals surface area contributed by atoms with Crippen LogP contribution in [-0.4, -0.2) is 15.5 Å². The maximum Gasteiger partial charge on any atom is 0.252 e. The van der Waals surface area contributed by atoms with Gasteiger partial charge in [-0.2, -0.15) is 16.4 Å². The second-order valence-corrected chi connectivity index (χ2v) is 4.68. The smallest absolute Gasteiger partial charge is 0.252 e. The van der Waals surface area contributed by atoms with Crippen molar-refractivity contribution in [1.82, 2.24) is 14.9 Å². The molecule has 0 aliphatic heterocycles. The average Bonchev–Trinajstić information content (AvgIpc) is 3.04. The fourth-order valence-corrected chi connectivity index (χ4v) is 2.38. The second kappa shape index (κ2) is 4.62. The molecule has 0 radical (unpaired) electrons. The van der Waals surface area contributed by atoms with E-state index in [9.17, 15) is 4.79 Å². The zero-order valence-corrected chi connectivity index (χ0v) is 10.4. The van der Waals surface area contributed by atoms with Gasteiger partial charge in [0.05, 0.1) is 17.8 Å². The van der Waals surface area contributed by atoms with Crippen LogP contribution in [0.4, 0.5) is 0 Å². The molecule has 1 amide bonds. The van der Waals surface area contributed by atoms with Crippen molar-refractivity contribution in [3.05, 3.63) is 58.5 Å². The molecular formula is C13H11N3OS. The van der Waals surface area contributed by atoms with E-state index in [-0.39, 0.29) is 5.91 Å². The summed E-state index contributed by atoms with van der Waals surface area (Å²) in [6.07, 6.45) is 1.89. The molecule has 0 aromatic carbocycles. The van der Waals surface area contributed by atoms with Crippen molar-refractivity contribution in [2.45, 2.75) is 6.54 Å². The molecule has 90 valence electrons. The third-order valence-corrected chi connectivity index (χ3v) is 3.32. The first-order valence-corrected chi connectivity index (χ1v) is 6.51. The molecule has 3 heterocycles. The summed E-state index contributed by atoms with van der Waals surface area (Å²) < 4.78 is 1.80. The summed E-state index contributed by atoms with van der Waals surface area (Å²) in [5, 5.41) is 10.9. The summed E-state index contributed by atoms with van der Waals surface area (Å²) in [5.41, 5.74) is 2.57. The maximum atomic E-state index is 11.8. The van der Waals surface area contributed by atoms with Gasteiger partial charge in [-0.1, -0.05) is 6.07 Å². The standard InChI is InChI=1S/C13H11N3OS/c17-13(10-4-6-18-9-10)14-8-11-7-12-3-1-2-5-16(12)15-11/h1-7,9H,8H2,(H,14,17). The Morgan fingerprint density at radius 3 is 3.11 bits per heavy atom. The third kappa shape index (κ3) is 2.12. The van der Waals surface area contributed by atoms with Gasteiger partial charge in [-0.25, -0.2) is 4.52 Å². The Bertz CT molecular complexity index is 639. The molecule has 0 saturated heterocycles. The number of amides is 1. The lowest BCUT2D eigenvalue weighted by Crippen LogP contribution is -2.22. The first-order chi connectivity index (χ1) is 8.83. The van der Waals surface area contributed by atoms with Crippen molar-refractivity contribution < 1.29 is 4.79 Å². The van der Waals surface area contributed by atoms with Gasteiger partial charge >= 0.3 is 0 Å². The minimum absolute atomic E-state index is 0.0618. The van der Waals surface area contributed by atoms with Crippen molar-refractivity contribution in [3.8, 4) is 0 Å². The molecule has 0 bridgehead atoms. The Balaban J connectivity index is 1.71. The van der Waals surface area contributed by atoms with Gasteiger partial charge in [-0.05, 0) is 29.6 Å². The van der Waals surface area contributed by atoms with Crippen LogP contribution in [-0.2, 0) is 6.54 Å². The van der Waals surface area contributed by atoms with Crippen molar-refractivity contribution in [1.29, 1.82) is 0 Å². The molecule has 3 aromatic heterocycles. The molecular weight excluding hydrogens is 246 g/mol. The molecule has 3 rings (SSSR count). The lowest BCUT2D eigenvalue weighted by molar-refractivity contribution is 0.0951. The Morgan fingerprint density at radius 2 is 2.33 bits per heavy atom. The SMILES string of the molecule is O=C(NCc1cc2ccccn2n1)c1ccsc1. The van der Waals surface area contributed by atoms with E-state index >= 15 is 0 Å². The third-order valence-electron chi connectivity index (χ3n) is 2.63. The van der Waals surface area contributed by atoms with Crippen LogP contribution in [0.2, 0.25) is 0 Å². The Hall–Kier alpha value is -2.14. The number of fused-ring (bicyclic) bond motifs is 1. The fraction of sp³-hybridized carbons (Fsp3) is 0.0769. The van der Waals surface area contributed by atoms with Crippen LogP contribution in [0.3, 0.4) is 0 Å². The van der Waals surface area contributed by atoms with Gasteiger partial charge in [0.2, 0.25) is 0 Å². The lowest BCUT2D eigenvalue weighted by atomic mass is 10.3. The summed E-state index contributed by atoms with van der Waals surface area (Å²) >= 11 is 1.51. The maximum absolute atomic E-state index is 11.8. The van der Waals surface area contributed by atoms with E-state index in [4.69, 9.17) is 0 Å². The van der Waals surface area contributed by atoms with Crippen molar-refractivity contribution >= 4 is 22.8 Å². The van der Waals surface area contributed by atoms with Gasteiger partial charge in [0.1, 0.15) is 0 Å². The Morgan fingerprint density at radius 1 is 1.39 bits per heavy atom. The van der Waals surface area contributed by atoms with Crippen molar-refractivity contribution in [2.24, 2.45) is 0 Å². The molecule has 4 nitrogen and oxygen atoms in total. The number of thiophene rings is 1. The second-order valence-electron chi connectivity index (χ2n) is 3.90. The number of nitrogens with one attached hydrogen (secondary N) is 1. The topological polar surface area (TPSA) is 46.4 Å². The highest BCUT2D eigenvalue weighted by atomic mass is 32.1. The average molecular weight is 257 g/mol. The van der Waals surface area contributed by atoms with E-state index in [2.05, 4.69) is 10.4 Å². The Kier molecular flexibility index (Phi) is 2.82. The van der Waals surface area contributed by atoms with E-state index in [0.717, 1.165) is 11.2 Å². The first kappa shape index (κ1) is 11.0. The minimum Gasteiger partial charge on any atom is -0.346 e. The van der Waals surface area contributed by atoms with E-state index < -0.39 is 0 Å². The predicted molar refractivity (Wildman–Crippen MR) is 70.7 cm³/mol. The Labute approximate surface area is 108 Å². The van der Waals surface area contributed by atoms with Crippen LogP contribution in [0.5, 0.6) is 0 Å². The molecule has 0 aliphatic carbocycles. The van der Waals surface area contributed by atoms with Gasteiger partial charge in [-0.3, -0.25) is 4.79 Å². The number of carbonyl (C=O) groups excluding carboxylic acids is 1. The monoisotopic (exact) mass is 257 g/mol. The molecule has 0 aliphatic rings. The minimum atomic E-state index is -0.0618. The molecule has 0 spiro atoms. The molecule has 0 fully saturated rings. The summed E-state index contributed by atoms with van der Waals surface area (Å²) in [4.78, 5) is 11.8. The van der Waals surface area contributed by atoms with Gasteiger partial charge < -0.3 is 5.32 Å². The largest absolute Gasteiger partial charge is 0.346 e. The zero-order valence-electron chi connectivity index (χ0n) is 9.54. The molecule has 0 unspecified atom stereocenters. The van der Waals surface area contributed by atoms with E-state index in [1.807, 2.05) is 47.3 Å². The number of pyridine rings is 1. The van der Waals surface area contributed by atoms with Crippen LogP contribution in [0.15, 0.2) is 47.3 Å². The van der Waals surface area contributed by atoms with Gasteiger partial charge in [-0.15, -0.1) is 0 Å². The summed E-state index contributed by atoms with van der Waals surface area (Å²) in [6, 6.07) is 9.65. The normalized spacial score (nSPS) is 10.7. The number of nitrogens with zero attached hydrogens (tertiary/aromatic N) is 2. The highest BCUT2D eigenvalue weighted by Crippen LogP contribution is 2.07. The van der Waals surface area contributed by atoms with E-state index in [1.54, 1.807) is 4.52 Å². The molecule has 1 N–H and O–H groups in total. The predicted octanol–water partition coefficient (Wildman–Crippen LogP) is 2.33. The van der Waals surface area contributed by atoms with E-state index in [1.165, 1.54) is 11.3 Å². The number of carbonyl (C=O) groups is 1. The van der Waals surface area contributed by atoms with Crippen LogP contribution >= 0.6 is 11.3 Å². The molecule has 0 saturated carbocycles. The van der Waals surface area contributed by atoms with E-state index in [0.29, 0.717) is 12.1 Å². The summed E-state index contributed by atoms with van der Waals surface area (Å²) in [6.45, 7) is 0.441. The quantitative estimate of drug-likeness (QED) is 0.782. The molecule has 0 atom stereocenters. The van der Waals surface area contributed by atoms with Gasteiger partial charge in [0.25, 0.3) is 5.91 Å².